The van der Waals surface area contributed by atoms with Crippen LogP contribution in [0, 0.1) is 0 Å². The first-order chi connectivity index (χ1) is 7.83. The summed E-state index contributed by atoms with van der Waals surface area (Å²) >= 11 is 5.98. The lowest BCUT2D eigenvalue weighted by Crippen LogP contribution is -2.05. The summed E-state index contributed by atoms with van der Waals surface area (Å²) < 4.78 is 0. The zero-order valence-electron chi connectivity index (χ0n) is 8.65. The highest BCUT2D eigenvalue weighted by atomic mass is 35.5. The fourth-order valence-corrected chi connectivity index (χ4v) is 2.32. The average molecular weight is 231 g/mol. The Hall–Kier alpha value is -1.54. The van der Waals surface area contributed by atoms with Crippen LogP contribution in [0.15, 0.2) is 42.7 Å². The van der Waals surface area contributed by atoms with Crippen molar-refractivity contribution >= 4 is 17.3 Å². The molecule has 2 aromatic rings. The Bertz CT molecular complexity index is 511. The van der Waals surface area contributed by atoms with E-state index in [0.717, 1.165) is 11.4 Å². The Morgan fingerprint density at radius 1 is 1.19 bits per heavy atom. The monoisotopic (exact) mass is 230 g/mol. The number of fused-ring (bicyclic) bond motifs is 1. The highest BCUT2D eigenvalue weighted by Crippen LogP contribution is 2.35. The summed E-state index contributed by atoms with van der Waals surface area (Å²) in [7, 11) is 0. The van der Waals surface area contributed by atoms with Gasteiger partial charge in [-0.05, 0) is 47.9 Å². The second kappa shape index (κ2) is 3.80. The van der Waals surface area contributed by atoms with Crippen molar-refractivity contribution < 1.29 is 0 Å². The molecule has 3 heteroatoms. The summed E-state index contributed by atoms with van der Waals surface area (Å²) in [6.07, 6.45) is 4.64. The van der Waals surface area contributed by atoms with Gasteiger partial charge in [-0.3, -0.25) is 4.98 Å². The van der Waals surface area contributed by atoms with Gasteiger partial charge >= 0.3 is 0 Å². The van der Waals surface area contributed by atoms with Crippen LogP contribution in [0.4, 0.5) is 5.69 Å². The summed E-state index contributed by atoms with van der Waals surface area (Å²) in [5.41, 5.74) is 3.74. The third-order valence-corrected chi connectivity index (χ3v) is 3.16. The van der Waals surface area contributed by atoms with Gasteiger partial charge in [0.1, 0.15) is 0 Å². The van der Waals surface area contributed by atoms with Gasteiger partial charge in [0.25, 0.3) is 0 Å². The lowest BCUT2D eigenvalue weighted by molar-refractivity contribution is 0.821. The van der Waals surface area contributed by atoms with E-state index in [0.29, 0.717) is 6.04 Å². The topological polar surface area (TPSA) is 24.9 Å². The number of rotatable bonds is 1. The van der Waals surface area contributed by atoms with Gasteiger partial charge < -0.3 is 5.32 Å². The number of benzene rings is 1. The zero-order chi connectivity index (χ0) is 11.0. The van der Waals surface area contributed by atoms with Crippen molar-refractivity contribution in [2.24, 2.45) is 0 Å². The molecule has 1 unspecified atom stereocenters. The molecule has 80 valence electrons. The smallest absolute Gasteiger partial charge is 0.0556 e. The fourth-order valence-electron chi connectivity index (χ4n) is 2.13. The van der Waals surface area contributed by atoms with Gasteiger partial charge in [0.05, 0.1) is 6.04 Å². The van der Waals surface area contributed by atoms with E-state index in [9.17, 15) is 0 Å². The summed E-state index contributed by atoms with van der Waals surface area (Å²) in [6.45, 7) is 0. The maximum absolute atomic E-state index is 5.98. The van der Waals surface area contributed by atoms with Crippen LogP contribution in [0.3, 0.4) is 0 Å². The maximum atomic E-state index is 5.98. The van der Waals surface area contributed by atoms with E-state index >= 15 is 0 Å². The molecule has 1 atom stereocenters. The van der Waals surface area contributed by atoms with Crippen molar-refractivity contribution in [1.82, 2.24) is 4.98 Å². The molecule has 0 spiro atoms. The molecule has 1 aromatic heterocycles. The Labute approximate surface area is 99.3 Å². The van der Waals surface area contributed by atoms with Crippen molar-refractivity contribution in [2.75, 3.05) is 5.32 Å². The molecule has 0 amide bonds. The van der Waals surface area contributed by atoms with Crippen LogP contribution in [0.2, 0.25) is 5.02 Å². The van der Waals surface area contributed by atoms with Gasteiger partial charge in [-0.25, -0.2) is 0 Å². The molecule has 0 saturated carbocycles. The van der Waals surface area contributed by atoms with E-state index in [4.69, 9.17) is 11.6 Å². The Morgan fingerprint density at radius 2 is 2.00 bits per heavy atom. The van der Waals surface area contributed by atoms with Crippen LogP contribution in [0.5, 0.6) is 0 Å². The van der Waals surface area contributed by atoms with Gasteiger partial charge in [0.2, 0.25) is 0 Å². The minimum atomic E-state index is 0.344. The normalized spacial score (nSPS) is 17.9. The number of aromatic nitrogens is 1. The molecule has 3 rings (SSSR count). The lowest BCUT2D eigenvalue weighted by Gasteiger charge is -2.10. The number of nitrogens with one attached hydrogen (secondary N) is 1. The Kier molecular flexibility index (Phi) is 2.29. The zero-order valence-corrected chi connectivity index (χ0v) is 9.41. The first-order valence-corrected chi connectivity index (χ1v) is 5.65. The van der Waals surface area contributed by atoms with Crippen LogP contribution in [-0.2, 0) is 6.42 Å². The molecule has 0 aliphatic carbocycles. The first-order valence-electron chi connectivity index (χ1n) is 5.28. The van der Waals surface area contributed by atoms with Crippen molar-refractivity contribution in [3.05, 3.63) is 58.9 Å². The van der Waals surface area contributed by atoms with Crippen molar-refractivity contribution in [2.45, 2.75) is 12.5 Å². The standard InChI is InChI=1S/C13H11ClN2/c14-11-1-2-12-10(7-11)8-13(16-12)9-3-5-15-6-4-9/h1-7,13,16H,8H2. The number of pyridine rings is 1. The first kappa shape index (κ1) is 9.67. The molecule has 1 aliphatic rings. The van der Waals surface area contributed by atoms with E-state index in [1.54, 1.807) is 0 Å². The third kappa shape index (κ3) is 1.65. The summed E-state index contributed by atoms with van der Waals surface area (Å²) in [5, 5.41) is 4.29. The second-order valence-electron chi connectivity index (χ2n) is 3.98. The van der Waals surface area contributed by atoms with Crippen molar-refractivity contribution in [1.29, 1.82) is 0 Å². The van der Waals surface area contributed by atoms with Crippen LogP contribution >= 0.6 is 11.6 Å². The quantitative estimate of drug-likeness (QED) is 0.812. The van der Waals surface area contributed by atoms with Crippen LogP contribution in [0.1, 0.15) is 17.2 Å². The van der Waals surface area contributed by atoms with Gasteiger partial charge in [-0.2, -0.15) is 0 Å². The predicted molar refractivity (Wildman–Crippen MR) is 65.8 cm³/mol. The van der Waals surface area contributed by atoms with E-state index in [2.05, 4.69) is 10.3 Å². The summed E-state index contributed by atoms with van der Waals surface area (Å²) in [5.74, 6) is 0. The number of nitrogens with zero attached hydrogens (tertiary/aromatic N) is 1. The van der Waals surface area contributed by atoms with Crippen molar-refractivity contribution in [3.8, 4) is 0 Å². The summed E-state index contributed by atoms with van der Waals surface area (Å²) in [4.78, 5) is 4.03. The average Bonchev–Trinajstić information content (AvgIpc) is 2.73. The summed E-state index contributed by atoms with van der Waals surface area (Å²) in [6, 6.07) is 10.4. The highest BCUT2D eigenvalue weighted by Gasteiger charge is 2.21. The predicted octanol–water partition coefficient (Wildman–Crippen LogP) is 3.44. The van der Waals surface area contributed by atoms with E-state index in [-0.39, 0.29) is 0 Å². The largest absolute Gasteiger partial charge is 0.378 e. The minimum Gasteiger partial charge on any atom is -0.378 e. The van der Waals surface area contributed by atoms with Crippen LogP contribution < -0.4 is 5.32 Å². The van der Waals surface area contributed by atoms with E-state index in [1.807, 2.05) is 42.7 Å². The molecular weight excluding hydrogens is 220 g/mol. The third-order valence-electron chi connectivity index (χ3n) is 2.93. The van der Waals surface area contributed by atoms with Gasteiger partial charge in [0.15, 0.2) is 0 Å². The molecule has 0 bridgehead atoms. The van der Waals surface area contributed by atoms with Gasteiger partial charge in [-0.1, -0.05) is 11.6 Å². The van der Waals surface area contributed by atoms with Gasteiger partial charge in [-0.15, -0.1) is 0 Å². The number of halogens is 1. The second-order valence-corrected chi connectivity index (χ2v) is 4.42. The molecule has 2 nitrogen and oxygen atoms in total. The molecule has 0 fully saturated rings. The molecular formula is C13H11ClN2. The molecule has 0 radical (unpaired) electrons. The number of anilines is 1. The van der Waals surface area contributed by atoms with Gasteiger partial charge in [0, 0.05) is 23.1 Å². The molecule has 1 N–H and O–H groups in total. The van der Waals surface area contributed by atoms with Crippen LogP contribution in [-0.4, -0.2) is 4.98 Å². The molecule has 1 aliphatic heterocycles. The number of hydrogen-bond donors (Lipinski definition) is 1. The molecule has 16 heavy (non-hydrogen) atoms. The minimum absolute atomic E-state index is 0.344. The SMILES string of the molecule is Clc1ccc2c(c1)CC(c1ccncc1)N2. The van der Waals surface area contributed by atoms with E-state index in [1.165, 1.54) is 16.8 Å². The Balaban J connectivity index is 1.91. The fraction of sp³-hybridized carbons (Fsp3) is 0.154. The number of hydrogen-bond acceptors (Lipinski definition) is 2. The Morgan fingerprint density at radius 3 is 2.81 bits per heavy atom. The van der Waals surface area contributed by atoms with Crippen molar-refractivity contribution in [3.63, 3.8) is 0 Å². The molecule has 2 heterocycles. The molecule has 1 aromatic carbocycles. The molecule has 0 saturated heterocycles. The highest BCUT2D eigenvalue weighted by molar-refractivity contribution is 6.30. The maximum Gasteiger partial charge on any atom is 0.0556 e. The lowest BCUT2D eigenvalue weighted by atomic mass is 10.0. The van der Waals surface area contributed by atoms with Crippen LogP contribution in [0.25, 0.3) is 0 Å². The van der Waals surface area contributed by atoms with E-state index < -0.39 is 0 Å².